The Hall–Kier alpha value is -1.48. The molecule has 0 aliphatic carbocycles. The van der Waals surface area contributed by atoms with E-state index in [-0.39, 0.29) is 0 Å². The molecule has 1 aromatic carbocycles. The molecule has 1 aromatic heterocycles. The van der Waals surface area contributed by atoms with Crippen LogP contribution in [-0.4, -0.2) is 9.97 Å². The number of hydrogen-bond donors (Lipinski definition) is 0. The minimum Gasteiger partial charge on any atom is -0.235 e. The summed E-state index contributed by atoms with van der Waals surface area (Å²) in [6.45, 7) is 3.73. The predicted octanol–water partition coefficient (Wildman–Crippen LogP) is 3.63. The molecule has 0 fully saturated rings. The fourth-order valence-electron chi connectivity index (χ4n) is 1.47. The predicted molar refractivity (Wildman–Crippen MR) is 69.1 cm³/mol. The van der Waals surface area contributed by atoms with E-state index in [4.69, 9.17) is 0 Å². The average molecular weight is 275 g/mol. The number of halogens is 1. The Labute approximate surface area is 103 Å². The van der Waals surface area contributed by atoms with Gasteiger partial charge in [0.25, 0.3) is 0 Å². The lowest BCUT2D eigenvalue weighted by Gasteiger charge is -2.02. The van der Waals surface area contributed by atoms with Gasteiger partial charge in [-0.3, -0.25) is 0 Å². The van der Waals surface area contributed by atoms with Gasteiger partial charge in [0.2, 0.25) is 0 Å². The van der Waals surface area contributed by atoms with E-state index in [1.54, 1.807) is 12.4 Å². The number of allylic oxidation sites excluding steroid dienone is 1. The molecular formula is C13H11BrN2. The van der Waals surface area contributed by atoms with E-state index in [2.05, 4.69) is 44.6 Å². The van der Waals surface area contributed by atoms with Gasteiger partial charge < -0.3 is 0 Å². The monoisotopic (exact) mass is 274 g/mol. The standard InChI is InChI=1S/C13H11BrN2/c1-2-4-10-5-3-6-11(7-10)13-15-8-12(14)9-16-13/h2-3,5-9H,1,4H2. The smallest absolute Gasteiger partial charge is 0.159 e. The molecule has 0 amide bonds. The van der Waals surface area contributed by atoms with Crippen molar-refractivity contribution < 1.29 is 0 Å². The summed E-state index contributed by atoms with van der Waals surface area (Å²) in [5.41, 5.74) is 2.26. The van der Waals surface area contributed by atoms with Crippen molar-refractivity contribution in [3.63, 3.8) is 0 Å². The van der Waals surface area contributed by atoms with E-state index >= 15 is 0 Å². The van der Waals surface area contributed by atoms with Crippen molar-refractivity contribution >= 4 is 15.9 Å². The summed E-state index contributed by atoms with van der Waals surface area (Å²) >= 11 is 3.32. The summed E-state index contributed by atoms with van der Waals surface area (Å²) in [5, 5.41) is 0. The van der Waals surface area contributed by atoms with E-state index in [0.717, 1.165) is 22.3 Å². The second-order valence-corrected chi connectivity index (χ2v) is 4.33. The Morgan fingerprint density at radius 3 is 2.69 bits per heavy atom. The lowest BCUT2D eigenvalue weighted by molar-refractivity contribution is 1.15. The summed E-state index contributed by atoms with van der Waals surface area (Å²) in [7, 11) is 0. The molecule has 0 N–H and O–H groups in total. The highest BCUT2D eigenvalue weighted by atomic mass is 79.9. The Bertz CT molecular complexity index is 492. The molecule has 0 saturated heterocycles. The van der Waals surface area contributed by atoms with Gasteiger partial charge >= 0.3 is 0 Å². The first kappa shape index (κ1) is 11.0. The van der Waals surface area contributed by atoms with Crippen LogP contribution in [0.25, 0.3) is 11.4 Å². The highest BCUT2D eigenvalue weighted by molar-refractivity contribution is 9.10. The summed E-state index contributed by atoms with van der Waals surface area (Å²) in [5.74, 6) is 0.745. The van der Waals surface area contributed by atoms with Crippen molar-refractivity contribution in [1.82, 2.24) is 9.97 Å². The first-order valence-corrected chi connectivity index (χ1v) is 5.76. The normalized spacial score (nSPS) is 10.1. The van der Waals surface area contributed by atoms with Gasteiger partial charge in [-0.05, 0) is 34.0 Å². The number of rotatable bonds is 3. The number of hydrogen-bond acceptors (Lipinski definition) is 2. The van der Waals surface area contributed by atoms with Gasteiger partial charge in [0, 0.05) is 18.0 Å². The lowest BCUT2D eigenvalue weighted by atomic mass is 10.1. The van der Waals surface area contributed by atoms with E-state index < -0.39 is 0 Å². The maximum absolute atomic E-state index is 4.27. The summed E-state index contributed by atoms with van der Waals surface area (Å²) in [4.78, 5) is 8.53. The molecule has 0 atom stereocenters. The molecule has 2 nitrogen and oxygen atoms in total. The molecule has 16 heavy (non-hydrogen) atoms. The van der Waals surface area contributed by atoms with Crippen LogP contribution in [0.4, 0.5) is 0 Å². The Morgan fingerprint density at radius 2 is 2.00 bits per heavy atom. The van der Waals surface area contributed by atoms with Crippen LogP contribution in [0.2, 0.25) is 0 Å². The van der Waals surface area contributed by atoms with E-state index in [1.165, 1.54) is 5.56 Å². The van der Waals surface area contributed by atoms with Gasteiger partial charge in [0.05, 0.1) is 4.47 Å². The highest BCUT2D eigenvalue weighted by Crippen LogP contribution is 2.17. The zero-order chi connectivity index (χ0) is 11.4. The molecule has 1 heterocycles. The zero-order valence-corrected chi connectivity index (χ0v) is 10.3. The molecule has 0 aliphatic rings. The van der Waals surface area contributed by atoms with Crippen LogP contribution < -0.4 is 0 Å². The van der Waals surface area contributed by atoms with Crippen molar-refractivity contribution in [1.29, 1.82) is 0 Å². The fourth-order valence-corrected chi connectivity index (χ4v) is 1.67. The van der Waals surface area contributed by atoms with Crippen molar-refractivity contribution in [3.05, 3.63) is 59.4 Å². The minimum atomic E-state index is 0.745. The summed E-state index contributed by atoms with van der Waals surface area (Å²) in [6.07, 6.45) is 6.26. The van der Waals surface area contributed by atoms with Crippen LogP contribution in [0.15, 0.2) is 53.8 Å². The second kappa shape index (κ2) is 5.03. The summed E-state index contributed by atoms with van der Waals surface area (Å²) in [6, 6.07) is 8.18. The molecule has 2 aromatic rings. The van der Waals surface area contributed by atoms with Gasteiger partial charge in [-0.25, -0.2) is 9.97 Å². The summed E-state index contributed by atoms with van der Waals surface area (Å²) < 4.78 is 0.887. The van der Waals surface area contributed by atoms with E-state index in [1.807, 2.05) is 18.2 Å². The third kappa shape index (κ3) is 2.55. The maximum Gasteiger partial charge on any atom is 0.159 e. The van der Waals surface area contributed by atoms with E-state index in [0.29, 0.717) is 0 Å². The Balaban J connectivity index is 2.36. The van der Waals surface area contributed by atoms with Gasteiger partial charge in [-0.15, -0.1) is 6.58 Å². The number of aromatic nitrogens is 2. The first-order chi connectivity index (χ1) is 7.79. The second-order valence-electron chi connectivity index (χ2n) is 3.42. The highest BCUT2D eigenvalue weighted by Gasteiger charge is 2.01. The molecule has 2 rings (SSSR count). The molecule has 80 valence electrons. The largest absolute Gasteiger partial charge is 0.235 e. The first-order valence-electron chi connectivity index (χ1n) is 4.97. The number of nitrogens with zero attached hydrogens (tertiary/aromatic N) is 2. The van der Waals surface area contributed by atoms with Gasteiger partial charge in [-0.1, -0.05) is 24.3 Å². The Kier molecular flexibility index (Phi) is 3.47. The molecule has 0 radical (unpaired) electrons. The SMILES string of the molecule is C=CCc1cccc(-c2ncc(Br)cn2)c1. The van der Waals surface area contributed by atoms with Crippen LogP contribution in [-0.2, 0) is 6.42 Å². The molecule has 0 unspecified atom stereocenters. The Morgan fingerprint density at radius 1 is 1.25 bits per heavy atom. The average Bonchev–Trinajstić information content (AvgIpc) is 2.31. The van der Waals surface area contributed by atoms with Crippen molar-refractivity contribution in [2.45, 2.75) is 6.42 Å². The van der Waals surface area contributed by atoms with Crippen LogP contribution in [0.5, 0.6) is 0 Å². The fraction of sp³-hybridized carbons (Fsp3) is 0.0769. The quantitative estimate of drug-likeness (QED) is 0.799. The topological polar surface area (TPSA) is 25.8 Å². The van der Waals surface area contributed by atoms with Crippen molar-refractivity contribution in [2.24, 2.45) is 0 Å². The van der Waals surface area contributed by atoms with Gasteiger partial charge in [0.1, 0.15) is 0 Å². The molecule has 0 aliphatic heterocycles. The van der Waals surface area contributed by atoms with Gasteiger partial charge in [-0.2, -0.15) is 0 Å². The van der Waals surface area contributed by atoms with Gasteiger partial charge in [0.15, 0.2) is 5.82 Å². The van der Waals surface area contributed by atoms with Crippen molar-refractivity contribution in [3.8, 4) is 11.4 Å². The zero-order valence-electron chi connectivity index (χ0n) is 8.73. The molecule has 0 bridgehead atoms. The number of benzene rings is 1. The third-order valence-corrected chi connectivity index (χ3v) is 2.60. The lowest BCUT2D eigenvalue weighted by Crippen LogP contribution is -1.89. The third-order valence-electron chi connectivity index (χ3n) is 2.19. The van der Waals surface area contributed by atoms with Crippen LogP contribution in [0, 0.1) is 0 Å². The molecular weight excluding hydrogens is 264 g/mol. The van der Waals surface area contributed by atoms with Crippen LogP contribution >= 0.6 is 15.9 Å². The maximum atomic E-state index is 4.27. The van der Waals surface area contributed by atoms with Crippen LogP contribution in [0.3, 0.4) is 0 Å². The molecule has 0 spiro atoms. The molecule has 3 heteroatoms. The minimum absolute atomic E-state index is 0.745. The van der Waals surface area contributed by atoms with Crippen LogP contribution in [0.1, 0.15) is 5.56 Å². The molecule has 0 saturated carbocycles. The van der Waals surface area contributed by atoms with Crippen molar-refractivity contribution in [2.75, 3.05) is 0 Å². The van der Waals surface area contributed by atoms with E-state index in [9.17, 15) is 0 Å².